The highest BCUT2D eigenvalue weighted by atomic mass is 35.5. The lowest BCUT2D eigenvalue weighted by molar-refractivity contribution is -0.129. The first-order chi connectivity index (χ1) is 19.8. The number of amides is 1. The molecule has 1 aliphatic rings. The van der Waals surface area contributed by atoms with Gasteiger partial charge >= 0.3 is 0 Å². The van der Waals surface area contributed by atoms with Crippen LogP contribution in [0.3, 0.4) is 0 Å². The van der Waals surface area contributed by atoms with E-state index in [9.17, 15) is 14.7 Å². The van der Waals surface area contributed by atoms with E-state index in [-0.39, 0.29) is 18.0 Å². The summed E-state index contributed by atoms with van der Waals surface area (Å²) >= 11 is 6.13. The molecule has 0 saturated carbocycles. The second-order valence-corrected chi connectivity index (χ2v) is 10.9. The van der Waals surface area contributed by atoms with Gasteiger partial charge in [0.25, 0.3) is 5.56 Å². The fraction of sp³-hybridized carbons (Fsp3) is 0.258. The van der Waals surface area contributed by atoms with Gasteiger partial charge in [0.15, 0.2) is 0 Å². The molecule has 5 aromatic rings. The Morgan fingerprint density at radius 3 is 2.59 bits per heavy atom. The number of pyridine rings is 1. The molecule has 10 heteroatoms. The maximum Gasteiger partial charge on any atom is 0.261 e. The summed E-state index contributed by atoms with van der Waals surface area (Å²) in [5.41, 5.74) is 5.65. The normalized spacial score (nSPS) is 14.5. The number of imidazole rings is 1. The summed E-state index contributed by atoms with van der Waals surface area (Å²) in [4.78, 5) is 40.6. The van der Waals surface area contributed by atoms with E-state index in [0.717, 1.165) is 40.8 Å². The molecule has 1 amide bonds. The van der Waals surface area contributed by atoms with Crippen LogP contribution in [0, 0.1) is 6.92 Å². The van der Waals surface area contributed by atoms with E-state index in [0.29, 0.717) is 46.3 Å². The number of aliphatic hydroxyl groups excluding tert-OH is 1. The highest BCUT2D eigenvalue weighted by molar-refractivity contribution is 6.30. The maximum absolute atomic E-state index is 13.5. The van der Waals surface area contributed by atoms with Crippen molar-refractivity contribution in [2.24, 2.45) is 0 Å². The van der Waals surface area contributed by atoms with Crippen LogP contribution in [0.5, 0.6) is 0 Å². The van der Waals surface area contributed by atoms with Gasteiger partial charge in [-0.1, -0.05) is 41.9 Å². The maximum atomic E-state index is 13.5. The highest BCUT2D eigenvalue weighted by Gasteiger charge is 2.22. The second-order valence-electron chi connectivity index (χ2n) is 10.4. The number of hydrogen-bond donors (Lipinski definition) is 4. The molecule has 3 heterocycles. The average molecular weight is 571 g/mol. The van der Waals surface area contributed by atoms with Gasteiger partial charge in [-0.25, -0.2) is 4.98 Å². The summed E-state index contributed by atoms with van der Waals surface area (Å²) in [7, 11) is 0. The number of carbonyl (C=O) groups excluding carboxylic acids is 1. The van der Waals surface area contributed by atoms with Gasteiger partial charge in [0.2, 0.25) is 5.91 Å². The van der Waals surface area contributed by atoms with Crippen LogP contribution >= 0.6 is 11.6 Å². The smallest absolute Gasteiger partial charge is 0.261 e. The minimum atomic E-state index is -0.844. The molecule has 1 atom stereocenters. The zero-order valence-corrected chi connectivity index (χ0v) is 23.6. The Labute approximate surface area is 241 Å². The lowest BCUT2D eigenvalue weighted by Gasteiger charge is -2.35. The number of aromatic amines is 2. The molecule has 4 N–H and O–H groups in total. The molecule has 1 saturated heterocycles. The Hall–Kier alpha value is -4.34. The number of rotatable bonds is 6. The van der Waals surface area contributed by atoms with E-state index >= 15 is 0 Å². The first kappa shape index (κ1) is 26.9. The van der Waals surface area contributed by atoms with Gasteiger partial charge in [-0.05, 0) is 48.4 Å². The molecule has 9 nitrogen and oxygen atoms in total. The third kappa shape index (κ3) is 5.26. The van der Waals surface area contributed by atoms with Crippen LogP contribution in [-0.2, 0) is 4.79 Å². The van der Waals surface area contributed by atoms with Crippen molar-refractivity contribution in [3.8, 4) is 11.4 Å². The number of halogens is 1. The average Bonchev–Trinajstić information content (AvgIpc) is 3.40. The Morgan fingerprint density at radius 2 is 1.83 bits per heavy atom. The fourth-order valence-corrected chi connectivity index (χ4v) is 5.73. The molecule has 0 bridgehead atoms. The van der Waals surface area contributed by atoms with Gasteiger partial charge in [-0.15, -0.1) is 0 Å². The monoisotopic (exact) mass is 570 g/mol. The summed E-state index contributed by atoms with van der Waals surface area (Å²) in [6.45, 7) is 6.64. The molecule has 1 fully saturated rings. The van der Waals surface area contributed by atoms with Crippen LogP contribution in [0.25, 0.3) is 33.3 Å². The van der Waals surface area contributed by atoms with Crippen LogP contribution in [0.4, 0.5) is 11.4 Å². The number of nitrogens with one attached hydrogen (secondary N) is 3. The van der Waals surface area contributed by atoms with Crippen molar-refractivity contribution in [3.05, 3.63) is 87.2 Å². The summed E-state index contributed by atoms with van der Waals surface area (Å²) in [6, 6.07) is 18.8. The minimum absolute atomic E-state index is 0.0969. The van der Waals surface area contributed by atoms with E-state index in [1.165, 1.54) is 0 Å². The van der Waals surface area contributed by atoms with Gasteiger partial charge in [0.05, 0.1) is 28.3 Å². The van der Waals surface area contributed by atoms with Gasteiger partial charge in [-0.3, -0.25) is 9.59 Å². The lowest BCUT2D eigenvalue weighted by Crippen LogP contribution is -2.48. The Kier molecular flexibility index (Phi) is 7.15. The van der Waals surface area contributed by atoms with Crippen molar-refractivity contribution >= 4 is 50.8 Å². The van der Waals surface area contributed by atoms with E-state index in [4.69, 9.17) is 16.6 Å². The van der Waals surface area contributed by atoms with Crippen LogP contribution in [-0.4, -0.2) is 63.6 Å². The quantitative estimate of drug-likeness (QED) is 0.232. The number of nitrogens with zero attached hydrogens (tertiary/aromatic N) is 3. The van der Waals surface area contributed by atoms with E-state index in [2.05, 4.69) is 26.3 Å². The number of fused-ring (bicyclic) bond motifs is 2. The predicted molar refractivity (Wildman–Crippen MR) is 164 cm³/mol. The number of carbonyl (C=O) groups is 1. The summed E-state index contributed by atoms with van der Waals surface area (Å²) in [6.07, 6.45) is -0.844. The first-order valence-corrected chi connectivity index (χ1v) is 14.0. The van der Waals surface area contributed by atoms with Crippen molar-refractivity contribution in [1.29, 1.82) is 0 Å². The van der Waals surface area contributed by atoms with E-state index in [1.54, 1.807) is 25.1 Å². The molecule has 0 spiro atoms. The summed E-state index contributed by atoms with van der Waals surface area (Å²) < 4.78 is 0. The van der Waals surface area contributed by atoms with Crippen molar-refractivity contribution in [1.82, 2.24) is 19.9 Å². The number of aromatic nitrogens is 3. The zero-order chi connectivity index (χ0) is 28.7. The van der Waals surface area contributed by atoms with Crippen molar-refractivity contribution in [2.75, 3.05) is 42.9 Å². The zero-order valence-electron chi connectivity index (χ0n) is 22.9. The number of benzene rings is 3. The molecular formula is C31H31ClN6O3. The molecule has 0 aliphatic carbocycles. The number of hydrogen-bond acceptors (Lipinski definition) is 6. The number of H-pyrrole nitrogens is 2. The van der Waals surface area contributed by atoms with Gasteiger partial charge in [-0.2, -0.15) is 0 Å². The third-order valence-electron chi connectivity index (χ3n) is 7.72. The molecule has 41 heavy (non-hydrogen) atoms. The number of piperazine rings is 1. The topological polar surface area (TPSA) is 117 Å². The predicted octanol–water partition coefficient (Wildman–Crippen LogP) is 4.85. The minimum Gasteiger partial charge on any atom is -0.387 e. The van der Waals surface area contributed by atoms with Crippen molar-refractivity contribution < 1.29 is 9.90 Å². The first-order valence-electron chi connectivity index (χ1n) is 13.6. The molecule has 0 unspecified atom stereocenters. The van der Waals surface area contributed by atoms with Crippen LogP contribution in [0.2, 0.25) is 5.02 Å². The largest absolute Gasteiger partial charge is 0.387 e. The highest BCUT2D eigenvalue weighted by Crippen LogP contribution is 2.33. The van der Waals surface area contributed by atoms with Gasteiger partial charge in [0, 0.05) is 55.7 Å². The summed E-state index contributed by atoms with van der Waals surface area (Å²) in [5, 5.41) is 15.6. The van der Waals surface area contributed by atoms with Crippen LogP contribution < -0.4 is 15.8 Å². The SMILES string of the molecule is CC(=O)N1CCN(c2cc(C)c3nc(-c4c(NC[C@@H](O)c5cccc(Cl)c5)c5ccccc5[nH]c4=O)[nH]c3c2)CC1. The standard InChI is InChI=1S/C31H31ClN6O3/c1-18-14-22(38-12-10-37(11-13-38)19(2)39)16-25-28(18)36-30(34-25)27-29(23-8-3-4-9-24(23)35-31(27)41)33-17-26(40)20-6-5-7-21(32)15-20/h3-9,14-16,26,40H,10-13,17H2,1-2H3,(H,34,36)(H2,33,35,41)/t26-/m1/s1. The number of aliphatic hydroxyl groups is 1. The fourth-order valence-electron chi connectivity index (χ4n) is 5.54. The van der Waals surface area contributed by atoms with E-state index in [1.807, 2.05) is 48.2 Å². The number of para-hydroxylation sites is 1. The second kappa shape index (κ2) is 10.9. The van der Waals surface area contributed by atoms with Crippen LogP contribution in [0.15, 0.2) is 65.5 Å². The van der Waals surface area contributed by atoms with Crippen molar-refractivity contribution in [3.63, 3.8) is 0 Å². The molecule has 1 aliphatic heterocycles. The molecule has 0 radical (unpaired) electrons. The molecule has 210 valence electrons. The Balaban J connectivity index is 1.38. The Morgan fingerprint density at radius 1 is 1.05 bits per heavy atom. The molecule has 6 rings (SSSR count). The molecule has 3 aromatic carbocycles. The van der Waals surface area contributed by atoms with Gasteiger partial charge < -0.3 is 30.2 Å². The van der Waals surface area contributed by atoms with E-state index < -0.39 is 6.10 Å². The molecule has 2 aromatic heterocycles. The third-order valence-corrected chi connectivity index (χ3v) is 7.95. The van der Waals surface area contributed by atoms with Crippen molar-refractivity contribution in [2.45, 2.75) is 20.0 Å². The van der Waals surface area contributed by atoms with Gasteiger partial charge in [0.1, 0.15) is 11.4 Å². The van der Waals surface area contributed by atoms with Crippen LogP contribution in [0.1, 0.15) is 24.2 Å². The molecular weight excluding hydrogens is 540 g/mol. The Bertz CT molecular complexity index is 1820. The number of anilines is 2. The number of aryl methyl sites for hydroxylation is 1. The lowest BCUT2D eigenvalue weighted by atomic mass is 10.1. The summed E-state index contributed by atoms with van der Waals surface area (Å²) in [5.74, 6) is 0.535.